The molecule has 50 heavy (non-hydrogen) atoms. The lowest BCUT2D eigenvalue weighted by atomic mass is 10.0. The number of phosphoric acid groups is 1. The van der Waals surface area contributed by atoms with Gasteiger partial charge in [0.2, 0.25) is 0 Å². The Labute approximate surface area is 305 Å². The normalized spacial score (nSPS) is 13.9. The van der Waals surface area contributed by atoms with Crippen molar-refractivity contribution in [2.75, 3.05) is 33.4 Å². The summed E-state index contributed by atoms with van der Waals surface area (Å²) in [6.07, 6.45) is 38.7. The van der Waals surface area contributed by atoms with Gasteiger partial charge in [-0.1, -0.05) is 140 Å². The minimum atomic E-state index is -4.35. The number of rotatable bonds is 36. The molecule has 0 bridgehead atoms. The molecule has 290 valence electrons. The second-order valence-electron chi connectivity index (χ2n) is 12.7. The summed E-state index contributed by atoms with van der Waals surface area (Å²) >= 11 is 0. The molecule has 0 aromatic carbocycles. The fourth-order valence-corrected chi connectivity index (χ4v) is 5.76. The maximum absolute atomic E-state index is 12.6. The third kappa shape index (κ3) is 35.8. The minimum Gasteiger partial charge on any atom is -0.462 e. The molecule has 2 N–H and O–H groups in total. The van der Waals surface area contributed by atoms with Crippen molar-refractivity contribution in [3.8, 4) is 0 Å². The molecule has 9 nitrogen and oxygen atoms in total. The van der Waals surface area contributed by atoms with Crippen LogP contribution in [0.25, 0.3) is 0 Å². The number of hydrogen-bond donors (Lipinski definition) is 2. The van der Waals surface area contributed by atoms with Crippen LogP contribution >= 0.6 is 7.82 Å². The lowest BCUT2D eigenvalue weighted by molar-refractivity contribution is -0.161. The summed E-state index contributed by atoms with van der Waals surface area (Å²) in [7, 11) is -2.66. The Morgan fingerprint density at radius 2 is 1.14 bits per heavy atom. The fraction of sp³-hybridized carbons (Fsp3) is 0.750. The van der Waals surface area contributed by atoms with E-state index in [4.69, 9.17) is 18.5 Å². The number of carbonyl (C=O) groups is 2. The van der Waals surface area contributed by atoms with E-state index in [-0.39, 0.29) is 26.1 Å². The van der Waals surface area contributed by atoms with Crippen molar-refractivity contribution >= 4 is 19.8 Å². The van der Waals surface area contributed by atoms with E-state index in [1.807, 2.05) is 0 Å². The molecular formula is C40H72NO8P. The van der Waals surface area contributed by atoms with Gasteiger partial charge in [-0.05, 0) is 58.4 Å². The lowest BCUT2D eigenvalue weighted by Gasteiger charge is -2.20. The van der Waals surface area contributed by atoms with E-state index in [1.54, 1.807) is 7.05 Å². The van der Waals surface area contributed by atoms with Crippen LogP contribution in [0.1, 0.15) is 155 Å². The molecule has 0 aromatic heterocycles. The first-order chi connectivity index (χ1) is 24.3. The van der Waals surface area contributed by atoms with E-state index < -0.39 is 32.5 Å². The Kier molecular flexibility index (Phi) is 35.3. The van der Waals surface area contributed by atoms with Gasteiger partial charge < -0.3 is 19.7 Å². The molecule has 0 amide bonds. The number of likely N-dealkylation sites (N-methyl/N-ethyl adjacent to an activating group) is 1. The first kappa shape index (κ1) is 48.0. The number of allylic oxidation sites excluding steroid dienone is 8. The number of esters is 2. The van der Waals surface area contributed by atoms with E-state index in [2.05, 4.69) is 67.8 Å². The zero-order valence-electron chi connectivity index (χ0n) is 31.8. The third-order valence-electron chi connectivity index (χ3n) is 7.96. The number of hydrogen-bond acceptors (Lipinski definition) is 8. The Bertz CT molecular complexity index is 965. The molecule has 10 heteroatoms. The van der Waals surface area contributed by atoms with E-state index in [1.165, 1.54) is 64.2 Å². The van der Waals surface area contributed by atoms with Crippen molar-refractivity contribution < 1.29 is 37.6 Å². The van der Waals surface area contributed by atoms with E-state index in [0.717, 1.165) is 51.4 Å². The van der Waals surface area contributed by atoms with Crippen LogP contribution in [0.5, 0.6) is 0 Å². The zero-order chi connectivity index (χ0) is 36.8. The molecule has 0 saturated heterocycles. The monoisotopic (exact) mass is 725 g/mol. The van der Waals surface area contributed by atoms with Crippen LogP contribution in [0.3, 0.4) is 0 Å². The first-order valence-electron chi connectivity index (χ1n) is 19.6. The summed E-state index contributed by atoms with van der Waals surface area (Å²) in [5, 5.41) is 2.81. The lowest BCUT2D eigenvalue weighted by Crippen LogP contribution is -2.29. The smallest absolute Gasteiger partial charge is 0.462 e. The van der Waals surface area contributed by atoms with Crippen molar-refractivity contribution in [2.45, 2.75) is 161 Å². The average molecular weight is 726 g/mol. The number of unbranched alkanes of at least 4 members (excludes halogenated alkanes) is 14. The van der Waals surface area contributed by atoms with Gasteiger partial charge in [0.25, 0.3) is 0 Å². The number of nitrogens with one attached hydrogen (secondary N) is 1. The van der Waals surface area contributed by atoms with Gasteiger partial charge in [0.05, 0.1) is 13.2 Å². The molecule has 0 aliphatic carbocycles. The van der Waals surface area contributed by atoms with Crippen LogP contribution in [0.4, 0.5) is 0 Å². The molecule has 0 radical (unpaired) electrons. The molecule has 2 atom stereocenters. The van der Waals surface area contributed by atoms with Crippen molar-refractivity contribution in [3.63, 3.8) is 0 Å². The van der Waals surface area contributed by atoms with Crippen LogP contribution in [0.2, 0.25) is 0 Å². The number of ether oxygens (including phenoxy) is 2. The highest BCUT2D eigenvalue weighted by Crippen LogP contribution is 2.43. The van der Waals surface area contributed by atoms with Crippen LogP contribution in [0, 0.1) is 0 Å². The molecule has 0 rings (SSSR count). The molecule has 0 aliphatic rings. The molecule has 0 spiro atoms. The van der Waals surface area contributed by atoms with Crippen molar-refractivity contribution in [1.29, 1.82) is 0 Å². The van der Waals surface area contributed by atoms with Crippen molar-refractivity contribution in [1.82, 2.24) is 5.32 Å². The summed E-state index contributed by atoms with van der Waals surface area (Å²) in [6, 6.07) is 0. The second kappa shape index (κ2) is 36.8. The Hall–Kier alpha value is -2.03. The first-order valence-corrected chi connectivity index (χ1v) is 21.1. The minimum absolute atomic E-state index is 0.0241. The predicted octanol–water partition coefficient (Wildman–Crippen LogP) is 10.6. The summed E-state index contributed by atoms with van der Waals surface area (Å²) in [5.41, 5.74) is 0. The molecule has 0 saturated carbocycles. The standard InChI is InChI=1S/C40H72NO8P/c1-4-6-8-10-12-14-16-18-19-21-22-24-26-28-30-32-39(42)46-36-38(37-48-50(44,45)47-35-34-41-3)49-40(43)33-31-29-27-25-23-20-17-15-13-11-9-7-5-2/h6,8,12,14,18-19,22,24,38,41H,4-5,7,9-11,13,15-17,20-21,23,25-37H2,1-3H3,(H,44,45)/b8-6-,14-12-,19-18-,24-22-. The summed E-state index contributed by atoms with van der Waals surface area (Å²) in [4.78, 5) is 34.9. The molecular weight excluding hydrogens is 653 g/mol. The molecule has 0 heterocycles. The largest absolute Gasteiger partial charge is 0.472 e. The highest BCUT2D eigenvalue weighted by molar-refractivity contribution is 7.47. The van der Waals surface area contributed by atoms with E-state index in [0.29, 0.717) is 19.4 Å². The summed E-state index contributed by atoms with van der Waals surface area (Å²) < 4.78 is 33.0. The van der Waals surface area contributed by atoms with Gasteiger partial charge >= 0.3 is 19.8 Å². The van der Waals surface area contributed by atoms with Gasteiger partial charge in [-0.25, -0.2) is 4.57 Å². The third-order valence-corrected chi connectivity index (χ3v) is 8.95. The molecule has 2 unspecified atom stereocenters. The highest BCUT2D eigenvalue weighted by atomic mass is 31.2. The maximum Gasteiger partial charge on any atom is 0.472 e. The molecule has 0 aliphatic heterocycles. The van der Waals surface area contributed by atoms with Gasteiger partial charge in [0.1, 0.15) is 6.61 Å². The van der Waals surface area contributed by atoms with Crippen LogP contribution in [-0.4, -0.2) is 56.3 Å². The van der Waals surface area contributed by atoms with Gasteiger partial charge in [0.15, 0.2) is 6.10 Å². The topological polar surface area (TPSA) is 120 Å². The SMILES string of the molecule is CC/C=C\C/C=C\C/C=C\C/C=C\CCCCC(=O)OCC(COP(=O)(O)OCCNC)OC(=O)CCCCCCCCCCCCCCC. The quantitative estimate of drug-likeness (QED) is 0.0281. The second-order valence-corrected chi connectivity index (χ2v) is 14.2. The van der Waals surface area contributed by atoms with E-state index >= 15 is 0 Å². The van der Waals surface area contributed by atoms with Crippen molar-refractivity contribution in [2.24, 2.45) is 0 Å². The van der Waals surface area contributed by atoms with Crippen LogP contribution < -0.4 is 5.32 Å². The summed E-state index contributed by atoms with van der Waals surface area (Å²) in [6.45, 7) is 4.05. The summed E-state index contributed by atoms with van der Waals surface area (Å²) in [5.74, 6) is -0.857. The Morgan fingerprint density at radius 3 is 1.70 bits per heavy atom. The van der Waals surface area contributed by atoms with Gasteiger partial charge in [-0.2, -0.15) is 0 Å². The van der Waals surface area contributed by atoms with Crippen LogP contribution in [0.15, 0.2) is 48.6 Å². The maximum atomic E-state index is 12.6. The molecule has 0 aromatic rings. The average Bonchev–Trinajstić information content (AvgIpc) is 3.09. The van der Waals surface area contributed by atoms with Crippen LogP contribution in [-0.2, 0) is 32.7 Å². The zero-order valence-corrected chi connectivity index (χ0v) is 32.7. The Balaban J connectivity index is 4.35. The number of carbonyl (C=O) groups excluding carboxylic acids is 2. The number of phosphoric ester groups is 1. The van der Waals surface area contributed by atoms with Gasteiger partial charge in [0, 0.05) is 19.4 Å². The fourth-order valence-electron chi connectivity index (χ4n) is 5.01. The predicted molar refractivity (Wildman–Crippen MR) is 206 cm³/mol. The van der Waals surface area contributed by atoms with Gasteiger partial charge in [-0.3, -0.25) is 18.6 Å². The Morgan fingerprint density at radius 1 is 0.640 bits per heavy atom. The highest BCUT2D eigenvalue weighted by Gasteiger charge is 2.26. The van der Waals surface area contributed by atoms with Crippen molar-refractivity contribution in [3.05, 3.63) is 48.6 Å². The van der Waals surface area contributed by atoms with Gasteiger partial charge in [-0.15, -0.1) is 0 Å². The molecule has 0 fully saturated rings. The van der Waals surface area contributed by atoms with E-state index in [9.17, 15) is 19.0 Å².